The van der Waals surface area contributed by atoms with E-state index in [1.807, 2.05) is 6.07 Å². The summed E-state index contributed by atoms with van der Waals surface area (Å²) in [5.41, 5.74) is 0.904. The van der Waals surface area contributed by atoms with E-state index in [0.717, 1.165) is 10.2 Å². The van der Waals surface area contributed by atoms with E-state index in [0.29, 0.717) is 15.6 Å². The molecular weight excluding hydrogens is 408 g/mol. The maximum atomic E-state index is 12.4. The Labute approximate surface area is 165 Å². The number of hydrogen-bond acceptors (Lipinski definition) is 5. The smallest absolute Gasteiger partial charge is 0.249 e. The third kappa shape index (κ3) is 4.40. The molecule has 0 saturated heterocycles. The number of amides is 1. The molecule has 0 fully saturated rings. The number of carbonyl (C=O) groups excluding carboxylic acids is 1. The zero-order chi connectivity index (χ0) is 19.6. The number of nitrogens with zero attached hydrogens (tertiary/aromatic N) is 2. The van der Waals surface area contributed by atoms with Crippen LogP contribution >= 0.6 is 22.9 Å². The van der Waals surface area contributed by atoms with Gasteiger partial charge in [0.25, 0.3) is 0 Å². The molecule has 6 nitrogen and oxygen atoms in total. The van der Waals surface area contributed by atoms with Gasteiger partial charge in [0.2, 0.25) is 5.91 Å². The van der Waals surface area contributed by atoms with Crippen molar-refractivity contribution in [2.45, 2.75) is 11.3 Å². The number of sulfone groups is 1. The highest BCUT2D eigenvalue weighted by Gasteiger charge is 2.16. The monoisotopic (exact) mass is 424 g/mol. The Morgan fingerprint density at radius 3 is 2.59 bits per heavy atom. The molecule has 0 aliphatic rings. The summed E-state index contributed by atoms with van der Waals surface area (Å²) in [4.78, 5) is 16.9. The fraction of sp³-hybridized carbons (Fsp3) is 0.222. The van der Waals surface area contributed by atoms with Crippen molar-refractivity contribution in [1.29, 1.82) is 0 Å². The standard InChI is InChI=1S/C18H17ClN2O4S2/c1-21-15-8-3-12(19)11-16(15)26-18(21)20-17(22)9-10-27(23,24)14-6-4-13(25-2)5-7-14/h3-8,11H,9-10H2,1-2H3. The normalized spacial score (nSPS) is 12.5. The third-order valence-corrected chi connectivity index (χ3v) is 7.06. The number of aryl methyl sites for hydroxylation is 1. The van der Waals surface area contributed by atoms with Crippen molar-refractivity contribution in [1.82, 2.24) is 4.57 Å². The minimum Gasteiger partial charge on any atom is -0.497 e. The van der Waals surface area contributed by atoms with E-state index in [-0.39, 0.29) is 17.1 Å². The second-order valence-corrected chi connectivity index (χ2v) is 9.36. The van der Waals surface area contributed by atoms with Crippen LogP contribution in [0.5, 0.6) is 5.75 Å². The summed E-state index contributed by atoms with van der Waals surface area (Å²) in [5, 5.41) is 0.604. The lowest BCUT2D eigenvalue weighted by Crippen LogP contribution is -2.15. The number of carbonyl (C=O) groups is 1. The van der Waals surface area contributed by atoms with Crippen LogP contribution in [0.2, 0.25) is 5.02 Å². The van der Waals surface area contributed by atoms with E-state index in [1.54, 1.807) is 35.9 Å². The number of benzene rings is 2. The minimum absolute atomic E-state index is 0.151. The Hall–Kier alpha value is -2.16. The summed E-state index contributed by atoms with van der Waals surface area (Å²) in [7, 11) is -0.266. The first-order valence-corrected chi connectivity index (χ1v) is 10.8. The van der Waals surface area contributed by atoms with Crippen molar-refractivity contribution < 1.29 is 17.9 Å². The topological polar surface area (TPSA) is 77.7 Å². The lowest BCUT2D eigenvalue weighted by molar-refractivity contribution is -0.117. The minimum atomic E-state index is -3.57. The van der Waals surface area contributed by atoms with Crippen molar-refractivity contribution in [2.24, 2.45) is 12.0 Å². The van der Waals surface area contributed by atoms with Crippen LogP contribution in [-0.2, 0) is 21.7 Å². The highest BCUT2D eigenvalue weighted by Crippen LogP contribution is 2.21. The largest absolute Gasteiger partial charge is 0.497 e. The molecule has 1 aromatic heterocycles. The van der Waals surface area contributed by atoms with Crippen LogP contribution in [0.25, 0.3) is 10.2 Å². The second kappa shape index (κ2) is 7.84. The number of hydrogen-bond donors (Lipinski definition) is 0. The first-order valence-electron chi connectivity index (χ1n) is 7.99. The van der Waals surface area contributed by atoms with Crippen LogP contribution in [0.3, 0.4) is 0 Å². The van der Waals surface area contributed by atoms with Gasteiger partial charge in [-0.3, -0.25) is 4.79 Å². The van der Waals surface area contributed by atoms with Gasteiger partial charge in [-0.2, -0.15) is 4.99 Å². The van der Waals surface area contributed by atoms with Crippen LogP contribution in [0.1, 0.15) is 6.42 Å². The fourth-order valence-electron chi connectivity index (χ4n) is 2.50. The van der Waals surface area contributed by atoms with Gasteiger partial charge in [0.15, 0.2) is 14.6 Å². The average Bonchev–Trinajstić information content (AvgIpc) is 2.95. The molecule has 0 radical (unpaired) electrons. The molecular formula is C18H17ClN2O4S2. The number of rotatable bonds is 5. The van der Waals surface area contributed by atoms with Gasteiger partial charge in [0.1, 0.15) is 5.75 Å². The molecule has 2 aromatic carbocycles. The molecule has 3 rings (SSSR count). The molecule has 0 bridgehead atoms. The maximum Gasteiger partial charge on any atom is 0.249 e. The van der Waals surface area contributed by atoms with Gasteiger partial charge in [-0.25, -0.2) is 8.42 Å². The second-order valence-electron chi connectivity index (χ2n) is 5.81. The number of methoxy groups -OCH3 is 1. The number of thiazole rings is 1. The van der Waals surface area contributed by atoms with Gasteiger partial charge in [0, 0.05) is 18.5 Å². The summed E-state index contributed by atoms with van der Waals surface area (Å²) >= 11 is 7.32. The number of aromatic nitrogens is 1. The zero-order valence-corrected chi connectivity index (χ0v) is 17.1. The van der Waals surface area contributed by atoms with Crippen molar-refractivity contribution in [2.75, 3.05) is 12.9 Å². The maximum absolute atomic E-state index is 12.4. The SMILES string of the molecule is COc1ccc(S(=O)(=O)CCC(=O)N=c2sc3cc(Cl)ccc3n2C)cc1. The van der Waals surface area contributed by atoms with E-state index in [4.69, 9.17) is 16.3 Å². The van der Waals surface area contributed by atoms with Gasteiger partial charge >= 0.3 is 0 Å². The van der Waals surface area contributed by atoms with Gasteiger partial charge in [0.05, 0.1) is 28.0 Å². The van der Waals surface area contributed by atoms with Crippen LogP contribution in [0.4, 0.5) is 0 Å². The van der Waals surface area contributed by atoms with Crippen molar-refractivity contribution >= 4 is 48.9 Å². The van der Waals surface area contributed by atoms with Crippen LogP contribution in [0, 0.1) is 0 Å². The highest BCUT2D eigenvalue weighted by atomic mass is 35.5. The Morgan fingerprint density at radius 2 is 1.93 bits per heavy atom. The molecule has 0 N–H and O–H groups in total. The Morgan fingerprint density at radius 1 is 1.22 bits per heavy atom. The molecule has 0 saturated carbocycles. The molecule has 9 heteroatoms. The summed E-state index contributed by atoms with van der Waals surface area (Å²) in [5.74, 6) is -0.222. The molecule has 1 heterocycles. The van der Waals surface area contributed by atoms with E-state index >= 15 is 0 Å². The molecule has 142 valence electrons. The average molecular weight is 425 g/mol. The van der Waals surface area contributed by atoms with Gasteiger partial charge < -0.3 is 9.30 Å². The van der Waals surface area contributed by atoms with Crippen molar-refractivity contribution in [3.8, 4) is 5.75 Å². The first-order chi connectivity index (χ1) is 12.8. The predicted molar refractivity (Wildman–Crippen MR) is 106 cm³/mol. The van der Waals surface area contributed by atoms with E-state index in [9.17, 15) is 13.2 Å². The van der Waals surface area contributed by atoms with E-state index in [2.05, 4.69) is 4.99 Å². The summed E-state index contributed by atoms with van der Waals surface area (Å²) < 4.78 is 32.5. The molecule has 0 atom stereocenters. The zero-order valence-electron chi connectivity index (χ0n) is 14.7. The summed E-state index contributed by atoms with van der Waals surface area (Å²) in [6, 6.07) is 11.5. The van der Waals surface area contributed by atoms with Gasteiger partial charge in [-0.1, -0.05) is 22.9 Å². The number of ether oxygens (including phenoxy) is 1. The summed E-state index contributed by atoms with van der Waals surface area (Å²) in [6.07, 6.45) is -0.191. The Kier molecular flexibility index (Phi) is 5.69. The Bertz CT molecular complexity index is 1160. The van der Waals surface area contributed by atoms with E-state index < -0.39 is 15.7 Å². The number of halogens is 1. The summed E-state index contributed by atoms with van der Waals surface area (Å²) in [6.45, 7) is 0. The third-order valence-electron chi connectivity index (χ3n) is 3.99. The van der Waals surface area contributed by atoms with Crippen LogP contribution in [-0.4, -0.2) is 31.8 Å². The lowest BCUT2D eigenvalue weighted by atomic mass is 10.3. The Balaban J connectivity index is 1.77. The fourth-order valence-corrected chi connectivity index (χ4v) is 5.04. The van der Waals surface area contributed by atoms with Gasteiger partial charge in [-0.15, -0.1) is 0 Å². The molecule has 0 spiro atoms. The molecule has 27 heavy (non-hydrogen) atoms. The molecule has 1 amide bonds. The van der Waals surface area contributed by atoms with Crippen LogP contribution in [0.15, 0.2) is 52.4 Å². The molecule has 0 unspecified atom stereocenters. The predicted octanol–water partition coefficient (Wildman–Crippen LogP) is 3.19. The first kappa shape index (κ1) is 19.6. The van der Waals surface area contributed by atoms with Crippen LogP contribution < -0.4 is 9.54 Å². The molecule has 0 aliphatic heterocycles. The van der Waals surface area contributed by atoms with E-state index in [1.165, 1.54) is 30.6 Å². The lowest BCUT2D eigenvalue weighted by Gasteiger charge is -2.04. The van der Waals surface area contributed by atoms with Crippen molar-refractivity contribution in [3.63, 3.8) is 0 Å². The number of fused-ring (bicyclic) bond motifs is 1. The molecule has 3 aromatic rings. The molecule has 0 aliphatic carbocycles. The van der Waals surface area contributed by atoms with Gasteiger partial charge in [-0.05, 0) is 42.5 Å². The van der Waals surface area contributed by atoms with Crippen molar-refractivity contribution in [3.05, 3.63) is 52.3 Å². The highest BCUT2D eigenvalue weighted by molar-refractivity contribution is 7.91. The quantitative estimate of drug-likeness (QED) is 0.630.